The lowest BCUT2D eigenvalue weighted by Gasteiger charge is -2.27. The SMILES string of the molecule is C1=Cc2c(cccc2-c2ccc(N(c3ccc(-c4ccccc4)cc3)c3ccc(-c4ccccc4)cc3)cc2-c2ccccc2)CC1.CC1(C)c2ccccc2-c2ccc(-c3ccc(N(c4ccc(-c5ccccc5)cc4)c4ccc(-c5ccccc5)cc4)cc3-c3ccccc3)cc21.c1ccc(-c2ccc(N(c3ccc(-c4ccccc4)cc3)c3ccc(-c4ccccc4)c(-c4ccccc4)c3)cc2)cc1. The molecule has 0 aliphatic heterocycles. The van der Waals surface area contributed by atoms with Crippen LogP contribution in [-0.2, 0) is 11.8 Å². The number of anilines is 9. The van der Waals surface area contributed by atoms with Crippen molar-refractivity contribution in [3.63, 3.8) is 0 Å². The average Bonchev–Trinajstić information content (AvgIpc) is 1.57. The van der Waals surface area contributed by atoms with Gasteiger partial charge in [-0.1, -0.05) is 475 Å². The van der Waals surface area contributed by atoms with Gasteiger partial charge >= 0.3 is 0 Å². The van der Waals surface area contributed by atoms with E-state index in [2.05, 4.69) is 605 Å². The molecule has 0 atom stereocenters. The van der Waals surface area contributed by atoms with Gasteiger partial charge in [-0.05, 0) is 295 Å². The summed E-state index contributed by atoms with van der Waals surface area (Å²) < 4.78 is 0. The first-order chi connectivity index (χ1) is 70.2. The molecule has 22 aromatic rings. The molecule has 0 saturated heterocycles. The van der Waals surface area contributed by atoms with Crippen molar-refractivity contribution >= 4 is 57.3 Å². The topological polar surface area (TPSA) is 9.72 Å². The number of hydrogen-bond acceptors (Lipinski definition) is 3. The fourth-order valence-electron chi connectivity index (χ4n) is 20.5. The zero-order valence-corrected chi connectivity index (χ0v) is 79.6. The number of rotatable bonds is 21. The number of benzene rings is 22. The first-order valence-corrected chi connectivity index (χ1v) is 49.2. The van der Waals surface area contributed by atoms with E-state index in [9.17, 15) is 0 Å². The van der Waals surface area contributed by atoms with E-state index in [0.29, 0.717) is 0 Å². The minimum Gasteiger partial charge on any atom is -0.310 e. The molecule has 0 N–H and O–H groups in total. The van der Waals surface area contributed by atoms with Gasteiger partial charge in [0.1, 0.15) is 0 Å². The maximum Gasteiger partial charge on any atom is 0.0468 e. The molecular formula is C139H105N3. The summed E-state index contributed by atoms with van der Waals surface area (Å²) in [6.07, 6.45) is 6.81. The fraction of sp³-hybridized carbons (Fsp3) is 0.0360. The number of allylic oxidation sites excluding steroid dienone is 1. The van der Waals surface area contributed by atoms with Crippen LogP contribution < -0.4 is 14.7 Å². The van der Waals surface area contributed by atoms with E-state index in [1.807, 2.05) is 0 Å². The maximum atomic E-state index is 2.43. The van der Waals surface area contributed by atoms with Gasteiger partial charge in [-0.25, -0.2) is 0 Å². The highest BCUT2D eigenvalue weighted by molar-refractivity contribution is 5.96. The molecule has 0 saturated carbocycles. The lowest BCUT2D eigenvalue weighted by atomic mass is 9.81. The largest absolute Gasteiger partial charge is 0.310 e. The Bertz CT molecular complexity index is 7840. The van der Waals surface area contributed by atoms with Crippen LogP contribution in [0.25, 0.3) is 151 Å². The second-order valence-corrected chi connectivity index (χ2v) is 36.9. The molecule has 0 radical (unpaired) electrons. The van der Waals surface area contributed by atoms with E-state index < -0.39 is 0 Å². The monoisotopic (exact) mass is 1820 g/mol. The van der Waals surface area contributed by atoms with Crippen molar-refractivity contribution < 1.29 is 0 Å². The van der Waals surface area contributed by atoms with Crippen LogP contribution in [0.1, 0.15) is 42.5 Å². The highest BCUT2D eigenvalue weighted by atomic mass is 15.2. The van der Waals surface area contributed by atoms with Gasteiger partial charge in [0.15, 0.2) is 0 Å². The predicted molar refractivity (Wildman–Crippen MR) is 604 cm³/mol. The minimum atomic E-state index is -0.0661. The Balaban J connectivity index is 0.000000123. The van der Waals surface area contributed by atoms with Crippen molar-refractivity contribution in [1.29, 1.82) is 0 Å². The first kappa shape index (κ1) is 89.2. The minimum absolute atomic E-state index is 0.0661. The molecule has 0 bridgehead atoms. The third-order valence-electron chi connectivity index (χ3n) is 27.8. The van der Waals surface area contributed by atoms with Crippen molar-refractivity contribution in [1.82, 2.24) is 0 Å². The molecule has 0 unspecified atom stereocenters. The molecule has 0 heterocycles. The molecule has 22 aromatic carbocycles. The Hall–Kier alpha value is -18.0. The predicted octanol–water partition coefficient (Wildman–Crippen LogP) is 38.7. The molecule has 0 amide bonds. The van der Waals surface area contributed by atoms with Crippen LogP contribution in [0.5, 0.6) is 0 Å². The molecule has 0 fully saturated rings. The Morgan fingerprint density at radius 1 is 0.155 bits per heavy atom. The fourth-order valence-corrected chi connectivity index (χ4v) is 20.5. The third kappa shape index (κ3) is 19.1. The highest BCUT2D eigenvalue weighted by Gasteiger charge is 2.36. The van der Waals surface area contributed by atoms with E-state index in [0.717, 1.165) is 64.0 Å². The van der Waals surface area contributed by atoms with Gasteiger partial charge in [-0.15, -0.1) is 0 Å². The zero-order valence-electron chi connectivity index (χ0n) is 79.6. The maximum absolute atomic E-state index is 2.43. The molecular weight excluding hydrogens is 1710 g/mol. The van der Waals surface area contributed by atoms with Gasteiger partial charge in [0.05, 0.1) is 0 Å². The van der Waals surface area contributed by atoms with Crippen LogP contribution >= 0.6 is 0 Å². The summed E-state index contributed by atoms with van der Waals surface area (Å²) in [5.74, 6) is 0. The lowest BCUT2D eigenvalue weighted by molar-refractivity contribution is 0.660. The Labute approximate surface area is 835 Å². The van der Waals surface area contributed by atoms with Gasteiger partial charge < -0.3 is 14.7 Å². The molecule has 2 aliphatic carbocycles. The van der Waals surface area contributed by atoms with Gasteiger partial charge in [-0.3, -0.25) is 0 Å². The van der Waals surface area contributed by atoms with Crippen molar-refractivity contribution in [2.75, 3.05) is 14.7 Å². The van der Waals surface area contributed by atoms with Crippen molar-refractivity contribution in [2.24, 2.45) is 0 Å². The van der Waals surface area contributed by atoms with E-state index in [1.54, 1.807) is 0 Å². The molecule has 3 nitrogen and oxygen atoms in total. The normalized spacial score (nSPS) is 11.8. The van der Waals surface area contributed by atoms with E-state index >= 15 is 0 Å². The molecule has 142 heavy (non-hydrogen) atoms. The van der Waals surface area contributed by atoms with Gasteiger partial charge in [0.2, 0.25) is 0 Å². The molecule has 0 aromatic heterocycles. The summed E-state index contributed by atoms with van der Waals surface area (Å²) in [7, 11) is 0. The number of nitrogens with zero attached hydrogens (tertiary/aromatic N) is 3. The molecule has 676 valence electrons. The van der Waals surface area contributed by atoms with Crippen LogP contribution in [-0.4, -0.2) is 0 Å². The average molecular weight is 1820 g/mol. The van der Waals surface area contributed by atoms with Crippen molar-refractivity contribution in [2.45, 2.75) is 32.1 Å². The quantitative estimate of drug-likeness (QED) is 0.0710. The number of aryl methyl sites for hydroxylation is 1. The number of hydrogen-bond donors (Lipinski definition) is 0. The number of fused-ring (bicyclic) bond motifs is 4. The van der Waals surface area contributed by atoms with E-state index in [1.165, 1.54) is 167 Å². The summed E-state index contributed by atoms with van der Waals surface area (Å²) >= 11 is 0. The molecule has 2 aliphatic rings. The van der Waals surface area contributed by atoms with Gasteiger partial charge in [-0.2, -0.15) is 0 Å². The summed E-state index contributed by atoms with van der Waals surface area (Å²) in [5, 5.41) is 0. The standard InChI is InChI=1S/C51H39N.C46H35N.C42H31N/c1-51(2)49-21-13-12-20-46(49)47-32-26-41(34-50(47)51)45-33-31-44(35-48(45)40-18-10-5-11-19-40)52(42-27-22-38(23-28-42)36-14-6-3-7-15-36)43-29-24-39(25-30-43)37-16-8-4-9-17-37;1-4-13-34(14-5-1)36-23-27-40(28-24-36)47(41-29-25-37(26-30-41)35-15-6-2-7-16-35)42-31-32-45(46(33-42)39-17-8-3-9-18-39)44-22-12-20-38-19-10-11-21-43(38)44;1-5-13-32(14-6-1)34-21-25-38(26-22-34)43(39-27-23-35(24-28-39)33-15-7-2-8-16-33)40-29-30-41(36-17-9-3-10-18-36)42(31-40)37-19-11-4-12-20-37/h3-35H,1-2H3;1-9,11-18,20-33H,10,19H2;1-31H. The Kier molecular flexibility index (Phi) is 25.8. The van der Waals surface area contributed by atoms with E-state index in [4.69, 9.17) is 0 Å². The third-order valence-corrected chi connectivity index (χ3v) is 27.8. The van der Waals surface area contributed by atoms with Gasteiger partial charge in [0, 0.05) is 56.6 Å². The summed E-state index contributed by atoms with van der Waals surface area (Å²) in [4.78, 5) is 7.10. The second kappa shape index (κ2) is 41.1. The summed E-state index contributed by atoms with van der Waals surface area (Å²) in [5.41, 5.74) is 47.3. The van der Waals surface area contributed by atoms with Crippen molar-refractivity contribution in [3.05, 3.63) is 593 Å². The van der Waals surface area contributed by atoms with Gasteiger partial charge in [0.25, 0.3) is 0 Å². The molecule has 0 spiro atoms. The smallest absolute Gasteiger partial charge is 0.0468 e. The molecule has 3 heteroatoms. The van der Waals surface area contributed by atoms with Crippen LogP contribution in [0.15, 0.2) is 570 Å². The summed E-state index contributed by atoms with van der Waals surface area (Å²) in [6, 6.07) is 203. The zero-order chi connectivity index (χ0) is 95.3. The molecule has 24 rings (SSSR count). The van der Waals surface area contributed by atoms with Crippen LogP contribution in [0, 0.1) is 0 Å². The Morgan fingerprint density at radius 3 is 0.697 bits per heavy atom. The van der Waals surface area contributed by atoms with Crippen LogP contribution in [0.2, 0.25) is 0 Å². The second-order valence-electron chi connectivity index (χ2n) is 36.9. The van der Waals surface area contributed by atoms with Crippen LogP contribution in [0.3, 0.4) is 0 Å². The lowest BCUT2D eigenvalue weighted by Crippen LogP contribution is -2.14. The van der Waals surface area contributed by atoms with E-state index in [-0.39, 0.29) is 5.41 Å². The highest BCUT2D eigenvalue weighted by Crippen LogP contribution is 2.53. The van der Waals surface area contributed by atoms with Crippen molar-refractivity contribution in [3.8, 4) is 145 Å². The summed E-state index contributed by atoms with van der Waals surface area (Å²) in [6.45, 7) is 4.71. The first-order valence-electron chi connectivity index (χ1n) is 49.2. The van der Waals surface area contributed by atoms with Crippen LogP contribution in [0.4, 0.5) is 51.2 Å². The Morgan fingerprint density at radius 2 is 0.380 bits per heavy atom.